The van der Waals surface area contributed by atoms with Crippen molar-refractivity contribution in [2.45, 2.75) is 12.1 Å². The Labute approximate surface area is 150 Å². The van der Waals surface area contributed by atoms with Crippen molar-refractivity contribution in [3.05, 3.63) is 51.4 Å². The maximum Gasteiger partial charge on any atom is 0.269 e. The van der Waals surface area contributed by atoms with Crippen molar-refractivity contribution in [2.24, 2.45) is 0 Å². The Hall–Kier alpha value is -2.72. The number of nitrogens with zero attached hydrogens (tertiary/aromatic N) is 3. The number of aromatic amines is 1. The number of aromatic nitrogens is 3. The van der Waals surface area contributed by atoms with E-state index in [9.17, 15) is 14.9 Å². The van der Waals surface area contributed by atoms with E-state index in [1.807, 2.05) is 17.5 Å². The Balaban J connectivity index is 1.57. The predicted octanol–water partition coefficient (Wildman–Crippen LogP) is 3.48. The van der Waals surface area contributed by atoms with Crippen LogP contribution in [0.4, 0.5) is 11.4 Å². The molecule has 2 aromatic heterocycles. The summed E-state index contributed by atoms with van der Waals surface area (Å²) in [7, 11) is 0. The highest BCUT2D eigenvalue weighted by molar-refractivity contribution is 7.99. The molecule has 25 heavy (non-hydrogen) atoms. The van der Waals surface area contributed by atoms with E-state index in [0.29, 0.717) is 22.2 Å². The summed E-state index contributed by atoms with van der Waals surface area (Å²) in [5.74, 6) is 0.576. The second-order valence-electron chi connectivity index (χ2n) is 5.04. The van der Waals surface area contributed by atoms with Crippen molar-refractivity contribution >= 4 is 40.4 Å². The molecule has 0 aliphatic carbocycles. The van der Waals surface area contributed by atoms with Gasteiger partial charge in [-0.1, -0.05) is 17.8 Å². The lowest BCUT2D eigenvalue weighted by molar-refractivity contribution is -0.384. The van der Waals surface area contributed by atoms with E-state index in [-0.39, 0.29) is 17.3 Å². The summed E-state index contributed by atoms with van der Waals surface area (Å²) in [4.78, 5) is 27.6. The summed E-state index contributed by atoms with van der Waals surface area (Å²) in [6, 6.07) is 8.17. The highest BCUT2D eigenvalue weighted by Gasteiger charge is 2.12. The summed E-state index contributed by atoms with van der Waals surface area (Å²) in [6.07, 6.45) is 0. The maximum atomic E-state index is 12.1. The Kier molecular flexibility index (Phi) is 5.10. The molecule has 1 amide bonds. The lowest BCUT2D eigenvalue weighted by Crippen LogP contribution is -2.15. The number of carbonyl (C=O) groups is 1. The van der Waals surface area contributed by atoms with E-state index >= 15 is 0 Å². The lowest BCUT2D eigenvalue weighted by atomic mass is 10.2. The number of thioether (sulfide) groups is 1. The molecule has 2 N–H and O–H groups in total. The standard InChI is InChI=1S/C15H13N5O3S2/c1-9-7-10(20(22)23)4-5-11(9)16-13(21)8-25-15-17-14(18-19-15)12-3-2-6-24-12/h2-7H,8H2,1H3,(H,16,21)(H,17,18,19). The summed E-state index contributed by atoms with van der Waals surface area (Å²) in [6.45, 7) is 1.71. The summed E-state index contributed by atoms with van der Waals surface area (Å²) >= 11 is 2.76. The zero-order valence-corrected chi connectivity index (χ0v) is 14.7. The fourth-order valence-electron chi connectivity index (χ4n) is 2.05. The van der Waals surface area contributed by atoms with Crippen molar-refractivity contribution < 1.29 is 9.72 Å². The van der Waals surface area contributed by atoms with Crippen LogP contribution >= 0.6 is 23.1 Å². The Morgan fingerprint density at radius 1 is 1.44 bits per heavy atom. The number of nitrogens with one attached hydrogen (secondary N) is 2. The molecule has 0 unspecified atom stereocenters. The first-order valence-electron chi connectivity index (χ1n) is 7.17. The first-order valence-corrected chi connectivity index (χ1v) is 9.03. The van der Waals surface area contributed by atoms with Gasteiger partial charge in [0, 0.05) is 17.8 Å². The van der Waals surface area contributed by atoms with Gasteiger partial charge >= 0.3 is 0 Å². The number of benzene rings is 1. The molecule has 0 fully saturated rings. The first kappa shape index (κ1) is 17.1. The van der Waals surface area contributed by atoms with Crippen LogP contribution in [0.5, 0.6) is 0 Å². The molecule has 0 spiro atoms. The number of anilines is 1. The Morgan fingerprint density at radius 3 is 2.96 bits per heavy atom. The van der Waals surface area contributed by atoms with Crippen molar-refractivity contribution in [3.8, 4) is 10.7 Å². The lowest BCUT2D eigenvalue weighted by Gasteiger charge is -2.07. The topological polar surface area (TPSA) is 114 Å². The molecule has 10 heteroatoms. The highest BCUT2D eigenvalue weighted by atomic mass is 32.2. The number of thiophene rings is 1. The number of hydrogen-bond acceptors (Lipinski definition) is 7. The summed E-state index contributed by atoms with van der Waals surface area (Å²) in [5.41, 5.74) is 1.17. The number of H-pyrrole nitrogens is 1. The SMILES string of the molecule is Cc1cc([N+](=O)[O-])ccc1NC(=O)CSc1n[nH]c(-c2cccs2)n1. The number of carbonyl (C=O) groups excluding carboxylic acids is 1. The quantitative estimate of drug-likeness (QED) is 0.387. The zero-order valence-electron chi connectivity index (χ0n) is 13.1. The number of hydrogen-bond donors (Lipinski definition) is 2. The number of rotatable bonds is 6. The van der Waals surface area contributed by atoms with E-state index in [0.717, 1.165) is 4.88 Å². The molecule has 0 atom stereocenters. The smallest absolute Gasteiger partial charge is 0.269 e. The predicted molar refractivity (Wildman–Crippen MR) is 96.9 cm³/mol. The van der Waals surface area contributed by atoms with Gasteiger partial charge in [0.25, 0.3) is 5.69 Å². The molecular formula is C15H13N5O3S2. The molecule has 1 aromatic carbocycles. The molecule has 8 nitrogen and oxygen atoms in total. The highest BCUT2D eigenvalue weighted by Crippen LogP contribution is 2.24. The number of non-ortho nitro benzene ring substituents is 1. The summed E-state index contributed by atoms with van der Waals surface area (Å²) in [5, 5.41) is 22.8. The fourth-order valence-corrected chi connectivity index (χ4v) is 3.31. The zero-order chi connectivity index (χ0) is 17.8. The minimum atomic E-state index is -0.469. The monoisotopic (exact) mass is 375 g/mol. The molecule has 2 heterocycles. The molecule has 0 bridgehead atoms. The number of nitro benzene ring substituents is 1. The van der Waals surface area contributed by atoms with E-state index in [2.05, 4.69) is 20.5 Å². The van der Waals surface area contributed by atoms with Gasteiger partial charge in [-0.25, -0.2) is 4.98 Å². The average molecular weight is 375 g/mol. The van der Waals surface area contributed by atoms with Gasteiger partial charge in [-0.2, -0.15) is 0 Å². The molecule has 128 valence electrons. The van der Waals surface area contributed by atoms with Gasteiger partial charge in [0.2, 0.25) is 11.1 Å². The Morgan fingerprint density at radius 2 is 2.28 bits per heavy atom. The van der Waals surface area contributed by atoms with E-state index in [4.69, 9.17) is 0 Å². The van der Waals surface area contributed by atoms with Gasteiger partial charge in [-0.05, 0) is 30.0 Å². The van der Waals surface area contributed by atoms with Crippen LogP contribution in [0.15, 0.2) is 40.9 Å². The largest absolute Gasteiger partial charge is 0.325 e. The normalized spacial score (nSPS) is 10.6. The Bertz CT molecular complexity index is 908. The molecule has 0 aliphatic heterocycles. The van der Waals surface area contributed by atoms with Gasteiger partial charge in [0.1, 0.15) is 0 Å². The molecule has 0 saturated carbocycles. The van der Waals surface area contributed by atoms with Crippen molar-refractivity contribution in [1.82, 2.24) is 15.2 Å². The van der Waals surface area contributed by atoms with Crippen LogP contribution in [0.25, 0.3) is 10.7 Å². The van der Waals surface area contributed by atoms with E-state index in [1.165, 1.54) is 30.0 Å². The van der Waals surface area contributed by atoms with Crippen molar-refractivity contribution in [2.75, 3.05) is 11.1 Å². The van der Waals surface area contributed by atoms with Crippen molar-refractivity contribution in [3.63, 3.8) is 0 Å². The second-order valence-corrected chi connectivity index (χ2v) is 6.93. The van der Waals surface area contributed by atoms with E-state index in [1.54, 1.807) is 18.3 Å². The molecule has 0 radical (unpaired) electrons. The van der Waals surface area contributed by atoms with Gasteiger partial charge < -0.3 is 5.32 Å². The van der Waals surface area contributed by atoms with Crippen LogP contribution in [0.3, 0.4) is 0 Å². The van der Waals surface area contributed by atoms with Crippen LogP contribution in [0.2, 0.25) is 0 Å². The third-order valence-corrected chi connectivity index (χ3v) is 4.97. The minimum Gasteiger partial charge on any atom is -0.325 e. The summed E-state index contributed by atoms with van der Waals surface area (Å²) < 4.78 is 0. The minimum absolute atomic E-state index is 0.00768. The molecular weight excluding hydrogens is 362 g/mol. The molecule has 3 rings (SSSR count). The number of amides is 1. The van der Waals surface area contributed by atoms with Gasteiger partial charge in [0.15, 0.2) is 5.82 Å². The number of aryl methyl sites for hydroxylation is 1. The average Bonchev–Trinajstić information content (AvgIpc) is 3.25. The van der Waals surface area contributed by atoms with Crippen LogP contribution in [0.1, 0.15) is 5.56 Å². The van der Waals surface area contributed by atoms with Crippen LogP contribution < -0.4 is 5.32 Å². The van der Waals surface area contributed by atoms with Crippen molar-refractivity contribution in [1.29, 1.82) is 0 Å². The van der Waals surface area contributed by atoms with Crippen LogP contribution in [0, 0.1) is 17.0 Å². The molecule has 0 aliphatic rings. The van der Waals surface area contributed by atoms with Crippen LogP contribution in [-0.2, 0) is 4.79 Å². The van der Waals surface area contributed by atoms with E-state index < -0.39 is 4.92 Å². The first-order chi connectivity index (χ1) is 12.0. The van der Waals surface area contributed by atoms with Gasteiger partial charge in [-0.15, -0.1) is 16.4 Å². The second kappa shape index (κ2) is 7.45. The maximum absolute atomic E-state index is 12.1. The van der Waals surface area contributed by atoms with Gasteiger partial charge in [0.05, 0.1) is 15.6 Å². The van der Waals surface area contributed by atoms with Crippen LogP contribution in [-0.4, -0.2) is 31.8 Å². The molecule has 3 aromatic rings. The fraction of sp³-hybridized carbons (Fsp3) is 0.133. The van der Waals surface area contributed by atoms with Gasteiger partial charge in [-0.3, -0.25) is 20.0 Å². The third kappa shape index (κ3) is 4.22. The number of nitro groups is 1. The third-order valence-electron chi connectivity index (χ3n) is 3.25. The molecule has 0 saturated heterocycles.